The number of ether oxygens (including phenoxy) is 1. The van der Waals surface area contributed by atoms with Crippen molar-refractivity contribution in [1.29, 1.82) is 0 Å². The predicted octanol–water partition coefficient (Wildman–Crippen LogP) is 2.22. The molecule has 3 aliphatic rings. The quantitative estimate of drug-likeness (QED) is 0.391. The van der Waals surface area contributed by atoms with Gasteiger partial charge in [-0.1, -0.05) is 51.2 Å². The third-order valence-corrected chi connectivity index (χ3v) is 4.59. The van der Waals surface area contributed by atoms with E-state index in [4.69, 9.17) is 9.57 Å². The highest BCUT2D eigenvalue weighted by Gasteiger charge is 2.61. The van der Waals surface area contributed by atoms with E-state index in [0.717, 1.165) is 17.9 Å². The van der Waals surface area contributed by atoms with Crippen LogP contribution >= 0.6 is 0 Å². The normalized spacial score (nSPS) is 33.3. The second-order valence-electron chi connectivity index (χ2n) is 6.07. The Kier molecular flexibility index (Phi) is 4.40. The molecule has 3 heterocycles. The van der Waals surface area contributed by atoms with Gasteiger partial charge in [-0.25, -0.2) is 0 Å². The number of hydroxylamine groups is 2. The molecule has 0 spiro atoms. The van der Waals surface area contributed by atoms with Gasteiger partial charge in [0.15, 0.2) is 0 Å². The van der Waals surface area contributed by atoms with Gasteiger partial charge < -0.3 is 4.74 Å². The molecule has 21 heavy (non-hydrogen) atoms. The molecular weight excluding hydrogens is 270 g/mol. The van der Waals surface area contributed by atoms with Crippen LogP contribution in [-0.4, -0.2) is 35.7 Å². The van der Waals surface area contributed by atoms with Gasteiger partial charge in [-0.3, -0.25) is 14.4 Å². The van der Waals surface area contributed by atoms with E-state index in [9.17, 15) is 9.59 Å². The SMILES string of the molecule is CCCCCCCCON1C(=O)[C@@H]2[C@H](C1=O)[C@@H]1C=C[C@@H]2O1. The van der Waals surface area contributed by atoms with Crippen LogP contribution in [0.2, 0.25) is 0 Å². The summed E-state index contributed by atoms with van der Waals surface area (Å²) < 4.78 is 5.57. The van der Waals surface area contributed by atoms with Crippen LogP contribution in [0.5, 0.6) is 0 Å². The lowest BCUT2D eigenvalue weighted by Crippen LogP contribution is -2.34. The molecule has 4 atom stereocenters. The Morgan fingerprint density at radius 3 is 2.19 bits per heavy atom. The molecule has 0 N–H and O–H groups in total. The van der Waals surface area contributed by atoms with E-state index in [2.05, 4.69) is 6.92 Å². The summed E-state index contributed by atoms with van der Waals surface area (Å²) in [7, 11) is 0. The molecule has 2 fully saturated rings. The number of fused-ring (bicyclic) bond motifs is 5. The summed E-state index contributed by atoms with van der Waals surface area (Å²) >= 11 is 0. The number of unbranched alkanes of at least 4 members (excludes halogenated alkanes) is 5. The van der Waals surface area contributed by atoms with E-state index in [1.807, 2.05) is 12.2 Å². The van der Waals surface area contributed by atoms with Crippen LogP contribution in [0.4, 0.5) is 0 Å². The van der Waals surface area contributed by atoms with E-state index in [1.54, 1.807) is 0 Å². The van der Waals surface area contributed by atoms with Crippen LogP contribution in [0.25, 0.3) is 0 Å². The Balaban J connectivity index is 1.43. The van der Waals surface area contributed by atoms with E-state index in [-0.39, 0.29) is 35.9 Å². The predicted molar refractivity (Wildman–Crippen MR) is 76.0 cm³/mol. The number of carbonyl (C=O) groups excluding carboxylic acids is 2. The lowest BCUT2D eigenvalue weighted by atomic mass is 9.85. The van der Waals surface area contributed by atoms with Crippen molar-refractivity contribution in [3.8, 4) is 0 Å². The van der Waals surface area contributed by atoms with Crippen molar-refractivity contribution >= 4 is 11.8 Å². The molecule has 0 radical (unpaired) electrons. The molecule has 3 aliphatic heterocycles. The number of hydrogen-bond donors (Lipinski definition) is 0. The van der Waals surface area contributed by atoms with Gasteiger partial charge in [-0.15, -0.1) is 0 Å². The first-order chi connectivity index (χ1) is 10.2. The highest BCUT2D eigenvalue weighted by molar-refractivity contribution is 6.05. The maximum atomic E-state index is 12.3. The van der Waals surface area contributed by atoms with Crippen molar-refractivity contribution in [3.05, 3.63) is 12.2 Å². The van der Waals surface area contributed by atoms with E-state index < -0.39 is 0 Å². The zero-order valence-electron chi connectivity index (χ0n) is 12.5. The maximum Gasteiger partial charge on any atom is 0.260 e. The second kappa shape index (κ2) is 6.28. The van der Waals surface area contributed by atoms with Gasteiger partial charge in [0.25, 0.3) is 11.8 Å². The van der Waals surface area contributed by atoms with Crippen molar-refractivity contribution in [3.63, 3.8) is 0 Å². The van der Waals surface area contributed by atoms with Gasteiger partial charge in [0.2, 0.25) is 0 Å². The summed E-state index contributed by atoms with van der Waals surface area (Å²) in [6, 6.07) is 0. The summed E-state index contributed by atoms with van der Waals surface area (Å²) in [4.78, 5) is 30.0. The minimum absolute atomic E-state index is 0.229. The monoisotopic (exact) mass is 293 g/mol. The van der Waals surface area contributed by atoms with Crippen LogP contribution in [0.15, 0.2) is 12.2 Å². The highest BCUT2D eigenvalue weighted by Crippen LogP contribution is 2.45. The molecule has 0 aromatic heterocycles. The molecule has 116 valence electrons. The van der Waals surface area contributed by atoms with Crippen LogP contribution in [-0.2, 0) is 19.2 Å². The Labute approximate surface area is 125 Å². The number of nitrogens with zero attached hydrogens (tertiary/aromatic N) is 1. The topological polar surface area (TPSA) is 55.8 Å². The van der Waals surface area contributed by atoms with Gasteiger partial charge in [0, 0.05) is 0 Å². The number of amides is 2. The summed E-state index contributed by atoms with van der Waals surface area (Å²) in [6.07, 6.45) is 10.2. The van der Waals surface area contributed by atoms with E-state index in [1.165, 1.54) is 25.7 Å². The Hall–Kier alpha value is -1.20. The van der Waals surface area contributed by atoms with Gasteiger partial charge in [0.1, 0.15) is 0 Å². The summed E-state index contributed by atoms with van der Waals surface area (Å²) in [5, 5.41) is 0.997. The Morgan fingerprint density at radius 2 is 1.57 bits per heavy atom. The Bertz CT molecular complexity index is 418. The van der Waals surface area contributed by atoms with Crippen molar-refractivity contribution < 1.29 is 19.2 Å². The third kappa shape index (κ3) is 2.64. The molecule has 5 heteroatoms. The molecule has 0 unspecified atom stereocenters. The molecule has 3 rings (SSSR count). The standard InChI is InChI=1S/C16H23NO4/c1-2-3-4-5-6-7-10-20-17-15(18)13-11-8-9-12(21-11)14(13)16(17)19/h8-9,11-14H,2-7,10H2,1H3/t11-,12-,13-,14+/m0/s1. The molecule has 5 nitrogen and oxygen atoms in total. The van der Waals surface area contributed by atoms with Crippen molar-refractivity contribution in [1.82, 2.24) is 5.06 Å². The minimum Gasteiger partial charge on any atom is -0.365 e. The third-order valence-electron chi connectivity index (χ3n) is 4.59. The molecule has 0 aromatic rings. The number of hydrogen-bond acceptors (Lipinski definition) is 4. The first-order valence-electron chi connectivity index (χ1n) is 8.08. The van der Waals surface area contributed by atoms with Crippen molar-refractivity contribution in [2.75, 3.05) is 6.61 Å². The first-order valence-corrected chi connectivity index (χ1v) is 8.08. The van der Waals surface area contributed by atoms with Crippen molar-refractivity contribution in [2.45, 2.75) is 57.7 Å². The largest absolute Gasteiger partial charge is 0.365 e. The van der Waals surface area contributed by atoms with Crippen LogP contribution in [0.1, 0.15) is 45.4 Å². The van der Waals surface area contributed by atoms with Gasteiger partial charge >= 0.3 is 0 Å². The molecule has 0 aromatic carbocycles. The van der Waals surface area contributed by atoms with Gasteiger partial charge in [-0.05, 0) is 6.42 Å². The summed E-state index contributed by atoms with van der Waals surface area (Å²) in [5.41, 5.74) is 0. The van der Waals surface area contributed by atoms with Crippen LogP contribution in [0.3, 0.4) is 0 Å². The van der Waals surface area contributed by atoms with Crippen LogP contribution < -0.4 is 0 Å². The molecule has 0 aliphatic carbocycles. The summed E-state index contributed by atoms with van der Waals surface area (Å²) in [6.45, 7) is 2.63. The average molecular weight is 293 g/mol. The van der Waals surface area contributed by atoms with Gasteiger partial charge in [-0.2, -0.15) is 5.06 Å². The smallest absolute Gasteiger partial charge is 0.260 e. The lowest BCUT2D eigenvalue weighted by molar-refractivity contribution is -0.192. The fourth-order valence-electron chi connectivity index (χ4n) is 3.44. The van der Waals surface area contributed by atoms with E-state index in [0.29, 0.717) is 6.61 Å². The molecule has 2 amide bonds. The lowest BCUT2D eigenvalue weighted by Gasteiger charge is -2.16. The second-order valence-corrected chi connectivity index (χ2v) is 6.07. The summed E-state index contributed by atoms with van der Waals surface area (Å²) in [5.74, 6) is -1.19. The number of imide groups is 1. The Morgan fingerprint density at radius 1 is 1.00 bits per heavy atom. The molecule has 0 saturated carbocycles. The molecule has 2 saturated heterocycles. The minimum atomic E-state index is -0.364. The average Bonchev–Trinajstić information content (AvgIpc) is 3.15. The van der Waals surface area contributed by atoms with E-state index >= 15 is 0 Å². The van der Waals surface area contributed by atoms with Crippen LogP contribution in [0, 0.1) is 11.8 Å². The zero-order valence-corrected chi connectivity index (χ0v) is 12.5. The molecule has 2 bridgehead atoms. The van der Waals surface area contributed by atoms with Gasteiger partial charge in [0.05, 0.1) is 30.7 Å². The maximum absolute atomic E-state index is 12.3. The zero-order chi connectivity index (χ0) is 14.8. The fraction of sp³-hybridized carbons (Fsp3) is 0.750. The fourth-order valence-corrected chi connectivity index (χ4v) is 3.44. The molecular formula is C16H23NO4. The highest BCUT2D eigenvalue weighted by atomic mass is 16.7. The number of carbonyl (C=O) groups is 2. The first kappa shape index (κ1) is 14.7. The number of rotatable bonds is 8. The van der Waals surface area contributed by atoms with Crippen molar-refractivity contribution in [2.24, 2.45) is 11.8 Å².